The molecule has 2 aliphatic rings. The maximum atomic E-state index is 11.8. The van der Waals surface area contributed by atoms with Crippen LogP contribution >= 0.6 is 0 Å². The van der Waals surface area contributed by atoms with E-state index in [1.807, 2.05) is 0 Å². The van der Waals surface area contributed by atoms with E-state index in [1.54, 1.807) is 0 Å². The number of hydrogen-bond donors (Lipinski definition) is 3. The zero-order valence-corrected chi connectivity index (χ0v) is 12.5. The van der Waals surface area contributed by atoms with Gasteiger partial charge >= 0.3 is 12.0 Å². The molecule has 2 saturated carbocycles. The van der Waals surface area contributed by atoms with Crippen LogP contribution in [0.2, 0.25) is 0 Å². The molecule has 2 atom stereocenters. The molecule has 0 aromatic rings. The maximum absolute atomic E-state index is 11.8. The molecule has 0 saturated heterocycles. The van der Waals surface area contributed by atoms with Crippen LogP contribution in [0.25, 0.3) is 0 Å². The Hall–Kier alpha value is -1.30. The van der Waals surface area contributed by atoms with Gasteiger partial charge in [0.15, 0.2) is 0 Å². The SMILES string of the molecule is O=C(NCCOC1CCCC1)NC1CCCCC1C(=O)O. The molecule has 0 radical (unpaired) electrons. The van der Waals surface area contributed by atoms with Gasteiger partial charge in [-0.25, -0.2) is 4.79 Å². The molecule has 2 unspecified atom stereocenters. The quantitative estimate of drug-likeness (QED) is 0.653. The van der Waals surface area contributed by atoms with Gasteiger partial charge in [-0.15, -0.1) is 0 Å². The lowest BCUT2D eigenvalue weighted by Crippen LogP contribution is -2.49. The van der Waals surface area contributed by atoms with Crippen molar-refractivity contribution in [3.63, 3.8) is 0 Å². The van der Waals surface area contributed by atoms with Crippen LogP contribution in [0.1, 0.15) is 51.4 Å². The van der Waals surface area contributed by atoms with Crippen LogP contribution in [-0.2, 0) is 9.53 Å². The van der Waals surface area contributed by atoms with Crippen molar-refractivity contribution in [1.82, 2.24) is 10.6 Å². The predicted molar refractivity (Wildman–Crippen MR) is 78.1 cm³/mol. The number of hydrogen-bond acceptors (Lipinski definition) is 3. The summed E-state index contributed by atoms with van der Waals surface area (Å²) in [6.45, 7) is 0.984. The maximum Gasteiger partial charge on any atom is 0.315 e. The first-order valence-corrected chi connectivity index (χ1v) is 8.05. The van der Waals surface area contributed by atoms with Crippen LogP contribution in [-0.4, -0.2) is 42.4 Å². The Morgan fingerprint density at radius 2 is 1.71 bits per heavy atom. The zero-order valence-electron chi connectivity index (χ0n) is 12.5. The number of carboxylic acids is 1. The molecule has 2 amide bonds. The first kappa shape index (κ1) is 16.1. The fourth-order valence-corrected chi connectivity index (χ4v) is 3.26. The second-order valence-electron chi connectivity index (χ2n) is 6.01. The van der Waals surface area contributed by atoms with E-state index in [4.69, 9.17) is 9.84 Å². The van der Waals surface area contributed by atoms with Crippen molar-refractivity contribution in [3.05, 3.63) is 0 Å². The lowest BCUT2D eigenvalue weighted by molar-refractivity contribution is -0.143. The van der Waals surface area contributed by atoms with E-state index in [0.29, 0.717) is 25.7 Å². The lowest BCUT2D eigenvalue weighted by Gasteiger charge is -2.29. The third-order valence-corrected chi connectivity index (χ3v) is 4.44. The van der Waals surface area contributed by atoms with E-state index in [-0.39, 0.29) is 12.1 Å². The molecule has 0 heterocycles. The average Bonchev–Trinajstić information content (AvgIpc) is 2.97. The lowest BCUT2D eigenvalue weighted by atomic mass is 9.84. The van der Waals surface area contributed by atoms with Crippen LogP contribution < -0.4 is 10.6 Å². The summed E-state index contributed by atoms with van der Waals surface area (Å²) in [6, 6.07) is -0.546. The fourth-order valence-electron chi connectivity index (χ4n) is 3.26. The topological polar surface area (TPSA) is 87.7 Å². The van der Waals surface area contributed by atoms with Gasteiger partial charge in [-0.05, 0) is 25.7 Å². The largest absolute Gasteiger partial charge is 0.481 e. The molecule has 2 aliphatic carbocycles. The molecular formula is C15H26N2O4. The number of carbonyl (C=O) groups excluding carboxylic acids is 1. The zero-order chi connectivity index (χ0) is 15.1. The number of nitrogens with one attached hydrogen (secondary N) is 2. The summed E-state index contributed by atoms with van der Waals surface area (Å²) >= 11 is 0. The van der Waals surface area contributed by atoms with Crippen molar-refractivity contribution in [3.8, 4) is 0 Å². The summed E-state index contributed by atoms with van der Waals surface area (Å²) < 4.78 is 5.67. The van der Waals surface area contributed by atoms with Crippen molar-refractivity contribution in [1.29, 1.82) is 0 Å². The van der Waals surface area contributed by atoms with Crippen LogP contribution in [0, 0.1) is 5.92 Å². The number of rotatable bonds is 6. The van der Waals surface area contributed by atoms with Gasteiger partial charge in [0.2, 0.25) is 0 Å². The number of urea groups is 1. The second-order valence-corrected chi connectivity index (χ2v) is 6.01. The van der Waals surface area contributed by atoms with Gasteiger partial charge in [-0.1, -0.05) is 25.7 Å². The predicted octanol–water partition coefficient (Wildman–Crippen LogP) is 1.89. The van der Waals surface area contributed by atoms with Gasteiger partial charge in [0, 0.05) is 12.6 Å². The number of ether oxygens (including phenoxy) is 1. The van der Waals surface area contributed by atoms with E-state index in [9.17, 15) is 9.59 Å². The molecule has 0 bridgehead atoms. The van der Waals surface area contributed by atoms with Gasteiger partial charge in [-0.2, -0.15) is 0 Å². The Morgan fingerprint density at radius 3 is 2.43 bits per heavy atom. The van der Waals surface area contributed by atoms with Gasteiger partial charge in [-0.3, -0.25) is 4.79 Å². The molecule has 6 nitrogen and oxygen atoms in total. The van der Waals surface area contributed by atoms with E-state index in [0.717, 1.165) is 32.1 Å². The van der Waals surface area contributed by atoms with Crippen molar-refractivity contribution >= 4 is 12.0 Å². The van der Waals surface area contributed by atoms with E-state index in [2.05, 4.69) is 10.6 Å². The molecular weight excluding hydrogens is 272 g/mol. The summed E-state index contributed by atoms with van der Waals surface area (Å²) in [6.07, 6.45) is 8.33. The highest BCUT2D eigenvalue weighted by atomic mass is 16.5. The highest BCUT2D eigenvalue weighted by molar-refractivity contribution is 5.76. The number of carbonyl (C=O) groups is 2. The third kappa shape index (κ3) is 5.19. The Balaban J connectivity index is 1.62. The number of aliphatic carboxylic acids is 1. The molecule has 0 aliphatic heterocycles. The molecule has 2 rings (SSSR count). The molecule has 21 heavy (non-hydrogen) atoms. The first-order valence-electron chi connectivity index (χ1n) is 8.05. The summed E-state index contributed by atoms with van der Waals surface area (Å²) in [7, 11) is 0. The highest BCUT2D eigenvalue weighted by Gasteiger charge is 2.31. The van der Waals surface area contributed by atoms with E-state index < -0.39 is 11.9 Å². The third-order valence-electron chi connectivity index (χ3n) is 4.44. The Morgan fingerprint density at radius 1 is 1.05 bits per heavy atom. The summed E-state index contributed by atoms with van der Waals surface area (Å²) in [5.41, 5.74) is 0. The number of amides is 2. The second kappa shape index (κ2) is 8.22. The van der Waals surface area contributed by atoms with Crippen molar-refractivity contribution in [2.24, 2.45) is 5.92 Å². The van der Waals surface area contributed by atoms with Gasteiger partial charge < -0.3 is 20.5 Å². The molecule has 0 aromatic carbocycles. The van der Waals surface area contributed by atoms with Crippen molar-refractivity contribution < 1.29 is 19.4 Å². The minimum absolute atomic E-state index is 0.257. The highest BCUT2D eigenvalue weighted by Crippen LogP contribution is 2.24. The molecule has 3 N–H and O–H groups in total. The molecule has 120 valence electrons. The Kier molecular flexibility index (Phi) is 6.29. The van der Waals surface area contributed by atoms with Gasteiger partial charge in [0.25, 0.3) is 0 Å². The summed E-state index contributed by atoms with van der Waals surface area (Å²) in [5, 5.41) is 14.7. The minimum atomic E-state index is -0.815. The van der Waals surface area contributed by atoms with Gasteiger partial charge in [0.1, 0.15) is 0 Å². The fraction of sp³-hybridized carbons (Fsp3) is 0.867. The normalized spacial score (nSPS) is 26.5. The molecule has 6 heteroatoms. The molecule has 2 fully saturated rings. The molecule has 0 spiro atoms. The van der Waals surface area contributed by atoms with E-state index >= 15 is 0 Å². The summed E-state index contributed by atoms with van der Waals surface area (Å²) in [4.78, 5) is 23.0. The van der Waals surface area contributed by atoms with Gasteiger partial charge in [0.05, 0.1) is 18.6 Å². The summed E-state index contributed by atoms with van der Waals surface area (Å²) in [5.74, 6) is -1.27. The van der Waals surface area contributed by atoms with Crippen molar-refractivity contribution in [2.45, 2.75) is 63.5 Å². The minimum Gasteiger partial charge on any atom is -0.481 e. The molecule has 0 aromatic heterocycles. The van der Waals surface area contributed by atoms with Crippen LogP contribution in [0.5, 0.6) is 0 Å². The van der Waals surface area contributed by atoms with Crippen LogP contribution in [0.4, 0.5) is 4.79 Å². The Labute approximate surface area is 125 Å². The van der Waals surface area contributed by atoms with Crippen molar-refractivity contribution in [2.75, 3.05) is 13.2 Å². The van der Waals surface area contributed by atoms with E-state index in [1.165, 1.54) is 12.8 Å². The smallest absolute Gasteiger partial charge is 0.315 e. The first-order chi connectivity index (χ1) is 10.2. The van der Waals surface area contributed by atoms with Crippen LogP contribution in [0.3, 0.4) is 0 Å². The Bertz CT molecular complexity index is 356. The average molecular weight is 298 g/mol. The van der Waals surface area contributed by atoms with Crippen LogP contribution in [0.15, 0.2) is 0 Å². The number of carboxylic acid groups (broad SMARTS) is 1. The standard InChI is InChI=1S/C15H26N2O4/c18-14(19)12-7-3-4-8-13(12)17-15(20)16-9-10-21-11-5-1-2-6-11/h11-13H,1-10H2,(H,18,19)(H2,16,17,20). The monoisotopic (exact) mass is 298 g/mol.